The first kappa shape index (κ1) is 14.4. The molecule has 0 saturated heterocycles. The lowest BCUT2D eigenvalue weighted by Gasteiger charge is -2.05. The standard InChI is InChI=1S/C13H12N4O4/c1-2-21-13-14-7-10(8-15-13)16-12(18)9-4-3-5-11(6-9)17(19)20/h3-8H,2H2,1H3,(H,16,18). The zero-order valence-electron chi connectivity index (χ0n) is 11.1. The lowest BCUT2D eigenvalue weighted by atomic mass is 10.2. The Kier molecular flexibility index (Phi) is 4.39. The minimum Gasteiger partial charge on any atom is -0.464 e. The van der Waals surface area contributed by atoms with Crippen LogP contribution in [0, 0.1) is 10.1 Å². The normalized spacial score (nSPS) is 9.95. The number of nitrogens with zero attached hydrogens (tertiary/aromatic N) is 3. The number of ether oxygens (including phenoxy) is 1. The molecule has 1 heterocycles. The molecule has 0 spiro atoms. The van der Waals surface area contributed by atoms with E-state index < -0.39 is 10.8 Å². The van der Waals surface area contributed by atoms with Gasteiger partial charge in [0.1, 0.15) is 0 Å². The number of hydrogen-bond donors (Lipinski definition) is 1. The van der Waals surface area contributed by atoms with E-state index in [1.807, 2.05) is 0 Å². The molecule has 0 aliphatic carbocycles. The highest BCUT2D eigenvalue weighted by molar-refractivity contribution is 6.04. The molecule has 0 bridgehead atoms. The van der Waals surface area contributed by atoms with Gasteiger partial charge in [0.2, 0.25) is 0 Å². The molecule has 0 saturated carbocycles. The highest BCUT2D eigenvalue weighted by Crippen LogP contribution is 2.15. The monoisotopic (exact) mass is 288 g/mol. The van der Waals surface area contributed by atoms with Crippen molar-refractivity contribution >= 4 is 17.3 Å². The molecule has 0 fully saturated rings. The topological polar surface area (TPSA) is 107 Å². The molecule has 1 aromatic carbocycles. The number of non-ortho nitro benzene ring substituents is 1. The van der Waals surface area contributed by atoms with Crippen LogP contribution < -0.4 is 10.1 Å². The molecular weight excluding hydrogens is 276 g/mol. The molecule has 2 rings (SSSR count). The van der Waals surface area contributed by atoms with Crippen LogP contribution in [-0.4, -0.2) is 27.4 Å². The number of anilines is 1. The summed E-state index contributed by atoms with van der Waals surface area (Å²) in [5.41, 5.74) is 0.402. The first-order chi connectivity index (χ1) is 10.1. The molecule has 0 radical (unpaired) electrons. The first-order valence-corrected chi connectivity index (χ1v) is 6.11. The molecule has 2 aromatic rings. The first-order valence-electron chi connectivity index (χ1n) is 6.11. The van der Waals surface area contributed by atoms with E-state index in [9.17, 15) is 14.9 Å². The SMILES string of the molecule is CCOc1ncc(NC(=O)c2cccc([N+](=O)[O-])c2)cn1. The number of nitro benzene ring substituents is 1. The minimum absolute atomic E-state index is 0.148. The van der Waals surface area contributed by atoms with E-state index in [1.165, 1.54) is 36.7 Å². The molecule has 0 aliphatic heterocycles. The van der Waals surface area contributed by atoms with E-state index in [0.717, 1.165) is 0 Å². The third kappa shape index (κ3) is 3.72. The van der Waals surface area contributed by atoms with Crippen LogP contribution in [0.3, 0.4) is 0 Å². The Hall–Kier alpha value is -3.03. The van der Waals surface area contributed by atoms with Crippen molar-refractivity contribution in [1.29, 1.82) is 0 Å². The Morgan fingerprint density at radius 1 is 1.38 bits per heavy atom. The van der Waals surface area contributed by atoms with Gasteiger partial charge in [-0.15, -0.1) is 0 Å². The second-order valence-corrected chi connectivity index (χ2v) is 3.95. The number of benzene rings is 1. The summed E-state index contributed by atoms with van der Waals surface area (Å²) in [7, 11) is 0. The van der Waals surface area contributed by atoms with Crippen LogP contribution in [0.1, 0.15) is 17.3 Å². The highest BCUT2D eigenvalue weighted by Gasteiger charge is 2.12. The van der Waals surface area contributed by atoms with E-state index in [-0.39, 0.29) is 17.3 Å². The summed E-state index contributed by atoms with van der Waals surface area (Å²) in [6.07, 6.45) is 2.79. The fourth-order valence-electron chi connectivity index (χ4n) is 1.55. The van der Waals surface area contributed by atoms with Crippen LogP contribution in [0.5, 0.6) is 6.01 Å². The largest absolute Gasteiger partial charge is 0.464 e. The van der Waals surface area contributed by atoms with Crippen molar-refractivity contribution in [3.63, 3.8) is 0 Å². The predicted octanol–water partition coefficient (Wildman–Crippen LogP) is 2.04. The Labute approximate surface area is 120 Å². The molecule has 8 nitrogen and oxygen atoms in total. The number of nitro groups is 1. The molecule has 8 heteroatoms. The fourth-order valence-corrected chi connectivity index (χ4v) is 1.55. The average molecular weight is 288 g/mol. The Morgan fingerprint density at radius 2 is 2.10 bits per heavy atom. The number of amides is 1. The quantitative estimate of drug-likeness (QED) is 0.666. The number of aromatic nitrogens is 2. The minimum atomic E-state index is -0.559. The average Bonchev–Trinajstić information content (AvgIpc) is 2.49. The summed E-state index contributed by atoms with van der Waals surface area (Å²) in [5, 5.41) is 13.2. The summed E-state index contributed by atoms with van der Waals surface area (Å²) in [6.45, 7) is 2.25. The van der Waals surface area contributed by atoms with Crippen LogP contribution in [0.2, 0.25) is 0 Å². The zero-order valence-corrected chi connectivity index (χ0v) is 11.1. The van der Waals surface area contributed by atoms with Crippen molar-refractivity contribution in [2.75, 3.05) is 11.9 Å². The van der Waals surface area contributed by atoms with Gasteiger partial charge in [0.15, 0.2) is 0 Å². The number of carbonyl (C=O) groups is 1. The maximum absolute atomic E-state index is 12.0. The van der Waals surface area contributed by atoms with Gasteiger partial charge in [-0.1, -0.05) is 6.07 Å². The molecule has 1 amide bonds. The molecule has 1 N–H and O–H groups in total. The molecule has 0 unspecified atom stereocenters. The van der Waals surface area contributed by atoms with Gasteiger partial charge < -0.3 is 10.1 Å². The number of carbonyl (C=O) groups excluding carboxylic acids is 1. The van der Waals surface area contributed by atoms with Gasteiger partial charge in [-0.3, -0.25) is 14.9 Å². The van der Waals surface area contributed by atoms with Crippen LogP contribution in [0.15, 0.2) is 36.7 Å². The van der Waals surface area contributed by atoms with Crippen LogP contribution in [0.25, 0.3) is 0 Å². The van der Waals surface area contributed by atoms with Gasteiger partial charge in [-0.25, -0.2) is 9.97 Å². The van der Waals surface area contributed by atoms with Crippen molar-refractivity contribution in [3.8, 4) is 6.01 Å². The third-order valence-electron chi connectivity index (χ3n) is 2.48. The van der Waals surface area contributed by atoms with Gasteiger partial charge in [0.05, 0.1) is 29.6 Å². The molecule has 0 atom stereocenters. The second kappa shape index (κ2) is 6.42. The highest BCUT2D eigenvalue weighted by atomic mass is 16.6. The smallest absolute Gasteiger partial charge is 0.316 e. The van der Waals surface area contributed by atoms with Gasteiger partial charge >= 0.3 is 6.01 Å². The molecule has 21 heavy (non-hydrogen) atoms. The molecule has 1 aromatic heterocycles. The number of nitrogens with one attached hydrogen (secondary N) is 1. The summed E-state index contributed by atoms with van der Waals surface area (Å²) in [6, 6.07) is 5.66. The van der Waals surface area contributed by atoms with E-state index in [0.29, 0.717) is 12.3 Å². The predicted molar refractivity (Wildman–Crippen MR) is 74.3 cm³/mol. The van der Waals surface area contributed by atoms with Gasteiger partial charge in [0, 0.05) is 17.7 Å². The van der Waals surface area contributed by atoms with Gasteiger partial charge in [-0.2, -0.15) is 0 Å². The van der Waals surface area contributed by atoms with Gasteiger partial charge in [0.25, 0.3) is 11.6 Å². The fraction of sp³-hybridized carbons (Fsp3) is 0.154. The second-order valence-electron chi connectivity index (χ2n) is 3.95. The third-order valence-corrected chi connectivity index (χ3v) is 2.48. The van der Waals surface area contributed by atoms with E-state index in [2.05, 4.69) is 15.3 Å². The van der Waals surface area contributed by atoms with Crippen LogP contribution in [-0.2, 0) is 0 Å². The Bertz CT molecular complexity index is 657. The van der Waals surface area contributed by atoms with Crippen LogP contribution >= 0.6 is 0 Å². The summed E-state index contributed by atoms with van der Waals surface area (Å²) in [5.74, 6) is -0.480. The molecule has 108 valence electrons. The summed E-state index contributed by atoms with van der Waals surface area (Å²) < 4.78 is 5.08. The number of rotatable bonds is 5. The lowest BCUT2D eigenvalue weighted by Crippen LogP contribution is -2.12. The maximum atomic E-state index is 12.0. The Morgan fingerprint density at radius 3 is 2.71 bits per heavy atom. The van der Waals surface area contributed by atoms with Crippen LogP contribution in [0.4, 0.5) is 11.4 Å². The van der Waals surface area contributed by atoms with E-state index in [1.54, 1.807) is 6.92 Å². The van der Waals surface area contributed by atoms with E-state index >= 15 is 0 Å². The maximum Gasteiger partial charge on any atom is 0.316 e. The Balaban J connectivity index is 2.10. The summed E-state index contributed by atoms with van der Waals surface area (Å²) in [4.78, 5) is 29.9. The van der Waals surface area contributed by atoms with Crippen molar-refractivity contribution < 1.29 is 14.5 Å². The van der Waals surface area contributed by atoms with Crippen molar-refractivity contribution in [1.82, 2.24) is 9.97 Å². The molecular formula is C13H12N4O4. The molecule has 0 aliphatic rings. The van der Waals surface area contributed by atoms with Crippen molar-refractivity contribution in [3.05, 3.63) is 52.3 Å². The van der Waals surface area contributed by atoms with Crippen molar-refractivity contribution in [2.45, 2.75) is 6.92 Å². The van der Waals surface area contributed by atoms with Crippen molar-refractivity contribution in [2.24, 2.45) is 0 Å². The number of hydrogen-bond acceptors (Lipinski definition) is 6. The summed E-state index contributed by atoms with van der Waals surface area (Å²) >= 11 is 0. The lowest BCUT2D eigenvalue weighted by molar-refractivity contribution is -0.384. The van der Waals surface area contributed by atoms with Gasteiger partial charge in [-0.05, 0) is 13.0 Å². The van der Waals surface area contributed by atoms with E-state index in [4.69, 9.17) is 4.74 Å². The zero-order chi connectivity index (χ0) is 15.2.